The van der Waals surface area contributed by atoms with Gasteiger partial charge in [-0.15, -0.1) is 0 Å². The minimum Gasteiger partial charge on any atom is -0.491 e. The average molecular weight is 407 g/mol. The van der Waals surface area contributed by atoms with Crippen LogP contribution in [0.1, 0.15) is 47.2 Å². The molecule has 1 unspecified atom stereocenters. The predicted octanol–water partition coefficient (Wildman–Crippen LogP) is 3.84. The predicted molar refractivity (Wildman–Crippen MR) is 117 cm³/mol. The molecule has 2 aromatic carbocycles. The summed E-state index contributed by atoms with van der Waals surface area (Å²) in [5.74, 6) is 1.01. The normalized spacial score (nSPS) is 18.6. The fourth-order valence-electron chi connectivity index (χ4n) is 4.40. The molecule has 0 bridgehead atoms. The Balaban J connectivity index is 1.32. The summed E-state index contributed by atoms with van der Waals surface area (Å²) in [4.78, 5) is 29.2. The van der Waals surface area contributed by atoms with E-state index < -0.39 is 0 Å². The monoisotopic (exact) mass is 406 g/mol. The lowest BCUT2D eigenvalue weighted by atomic mass is 10.1. The number of benzene rings is 2. The first-order valence-corrected chi connectivity index (χ1v) is 11.0. The second-order valence-electron chi connectivity index (χ2n) is 8.32. The van der Waals surface area contributed by atoms with Crippen LogP contribution in [0.2, 0.25) is 0 Å². The van der Waals surface area contributed by atoms with Crippen molar-refractivity contribution in [2.24, 2.45) is 0 Å². The molecule has 0 radical (unpaired) electrons. The van der Waals surface area contributed by atoms with Crippen molar-refractivity contribution in [2.75, 3.05) is 26.2 Å². The zero-order valence-electron chi connectivity index (χ0n) is 17.7. The minimum atomic E-state index is 0.0998. The van der Waals surface area contributed by atoms with Gasteiger partial charge in [-0.3, -0.25) is 9.59 Å². The molecule has 2 aliphatic heterocycles. The highest BCUT2D eigenvalue weighted by Crippen LogP contribution is 2.22. The van der Waals surface area contributed by atoms with Gasteiger partial charge in [0.25, 0.3) is 5.91 Å². The van der Waals surface area contributed by atoms with Crippen LogP contribution in [-0.2, 0) is 11.2 Å². The molecule has 0 N–H and O–H groups in total. The maximum atomic E-state index is 12.9. The van der Waals surface area contributed by atoms with E-state index in [1.807, 2.05) is 65.3 Å². The van der Waals surface area contributed by atoms with E-state index >= 15 is 0 Å². The van der Waals surface area contributed by atoms with Gasteiger partial charge in [0.2, 0.25) is 5.91 Å². The third-order valence-electron chi connectivity index (χ3n) is 6.24. The molecule has 158 valence electrons. The van der Waals surface area contributed by atoms with Gasteiger partial charge < -0.3 is 14.5 Å². The fraction of sp³-hybridized carbons (Fsp3) is 0.440. The lowest BCUT2D eigenvalue weighted by Crippen LogP contribution is -2.40. The third kappa shape index (κ3) is 4.66. The van der Waals surface area contributed by atoms with Gasteiger partial charge in [0.1, 0.15) is 12.4 Å². The van der Waals surface area contributed by atoms with Crippen molar-refractivity contribution >= 4 is 11.8 Å². The Kier molecular flexibility index (Phi) is 6.36. The van der Waals surface area contributed by atoms with Gasteiger partial charge in [-0.1, -0.05) is 24.3 Å². The Morgan fingerprint density at radius 3 is 2.43 bits per heavy atom. The average Bonchev–Trinajstić information content (AvgIpc) is 3.46. The molecule has 2 amide bonds. The molecule has 0 spiro atoms. The summed E-state index contributed by atoms with van der Waals surface area (Å²) in [6.07, 6.45) is 4.60. The zero-order valence-corrected chi connectivity index (χ0v) is 17.7. The maximum Gasteiger partial charge on any atom is 0.253 e. The molecule has 0 aliphatic carbocycles. The summed E-state index contributed by atoms with van der Waals surface area (Å²) < 4.78 is 5.99. The number of hydrogen-bond donors (Lipinski definition) is 0. The van der Waals surface area contributed by atoms with Crippen LogP contribution in [0.4, 0.5) is 0 Å². The molecule has 5 nitrogen and oxygen atoms in total. The molecular formula is C25H30N2O3. The van der Waals surface area contributed by atoms with Gasteiger partial charge in [0, 0.05) is 25.2 Å². The molecule has 4 rings (SSSR count). The van der Waals surface area contributed by atoms with Crippen molar-refractivity contribution in [3.63, 3.8) is 0 Å². The first-order valence-electron chi connectivity index (χ1n) is 11.0. The van der Waals surface area contributed by atoms with Crippen molar-refractivity contribution in [1.82, 2.24) is 9.80 Å². The highest BCUT2D eigenvalue weighted by molar-refractivity contribution is 5.94. The zero-order chi connectivity index (χ0) is 20.9. The number of aryl methyl sites for hydroxylation is 1. The quantitative estimate of drug-likeness (QED) is 0.732. The molecule has 2 aliphatic rings. The molecule has 5 heteroatoms. The van der Waals surface area contributed by atoms with Crippen molar-refractivity contribution in [2.45, 2.75) is 45.1 Å². The van der Waals surface area contributed by atoms with E-state index in [1.165, 1.54) is 0 Å². The number of nitrogens with zero attached hydrogens (tertiary/aromatic N) is 2. The van der Waals surface area contributed by atoms with Crippen molar-refractivity contribution < 1.29 is 14.3 Å². The van der Waals surface area contributed by atoms with Gasteiger partial charge >= 0.3 is 0 Å². The van der Waals surface area contributed by atoms with E-state index in [9.17, 15) is 9.59 Å². The van der Waals surface area contributed by atoms with Crippen LogP contribution in [0.5, 0.6) is 5.75 Å². The summed E-state index contributed by atoms with van der Waals surface area (Å²) in [5.41, 5.74) is 2.95. The van der Waals surface area contributed by atoms with Gasteiger partial charge in [-0.2, -0.15) is 0 Å². The molecule has 1 atom stereocenters. The molecule has 2 fully saturated rings. The second kappa shape index (κ2) is 9.33. The van der Waals surface area contributed by atoms with Crippen LogP contribution < -0.4 is 4.74 Å². The van der Waals surface area contributed by atoms with E-state index in [0.717, 1.165) is 62.2 Å². The van der Waals surface area contributed by atoms with E-state index in [0.29, 0.717) is 18.6 Å². The Morgan fingerprint density at radius 2 is 1.70 bits per heavy atom. The van der Waals surface area contributed by atoms with Crippen LogP contribution in [0.25, 0.3) is 0 Å². The van der Waals surface area contributed by atoms with Crippen molar-refractivity contribution in [3.8, 4) is 5.75 Å². The van der Waals surface area contributed by atoms with Gasteiger partial charge in [0.05, 0.1) is 12.5 Å². The lowest BCUT2D eigenvalue weighted by Gasteiger charge is -2.25. The van der Waals surface area contributed by atoms with Crippen LogP contribution in [0.3, 0.4) is 0 Å². The highest BCUT2D eigenvalue weighted by Gasteiger charge is 2.29. The van der Waals surface area contributed by atoms with E-state index in [4.69, 9.17) is 4.74 Å². The molecule has 2 aromatic rings. The maximum absolute atomic E-state index is 12.9. The Labute approximate surface area is 178 Å². The summed E-state index contributed by atoms with van der Waals surface area (Å²) >= 11 is 0. The van der Waals surface area contributed by atoms with Crippen LogP contribution >= 0.6 is 0 Å². The topological polar surface area (TPSA) is 49.9 Å². The fourth-order valence-corrected chi connectivity index (χ4v) is 4.40. The Bertz CT molecular complexity index is 888. The number of amides is 2. The van der Waals surface area contributed by atoms with Crippen molar-refractivity contribution in [3.05, 3.63) is 65.2 Å². The summed E-state index contributed by atoms with van der Waals surface area (Å²) in [5, 5.41) is 0. The van der Waals surface area contributed by atoms with Crippen LogP contribution in [-0.4, -0.2) is 53.9 Å². The molecular weight excluding hydrogens is 376 g/mol. The van der Waals surface area contributed by atoms with Crippen molar-refractivity contribution in [1.29, 1.82) is 0 Å². The Hall–Kier alpha value is -2.82. The van der Waals surface area contributed by atoms with Gasteiger partial charge in [-0.05, 0) is 68.0 Å². The molecule has 0 saturated carbocycles. The number of hydrogen-bond acceptors (Lipinski definition) is 3. The van der Waals surface area contributed by atoms with Gasteiger partial charge in [0.15, 0.2) is 0 Å². The van der Waals surface area contributed by atoms with Crippen LogP contribution in [0.15, 0.2) is 48.5 Å². The van der Waals surface area contributed by atoms with E-state index in [1.54, 1.807) is 0 Å². The van der Waals surface area contributed by atoms with E-state index in [-0.39, 0.29) is 17.9 Å². The highest BCUT2D eigenvalue weighted by atomic mass is 16.5. The summed E-state index contributed by atoms with van der Waals surface area (Å²) in [7, 11) is 0. The molecule has 0 aromatic heterocycles. The molecule has 2 heterocycles. The summed E-state index contributed by atoms with van der Waals surface area (Å²) in [6.45, 7) is 5.03. The molecule has 30 heavy (non-hydrogen) atoms. The number of ether oxygens (including phenoxy) is 1. The SMILES string of the molecule is Cc1ccccc1CC(=O)N1CCCC1COc1ccc(C(=O)N2CCCC2)cc1. The minimum absolute atomic E-state index is 0.0998. The van der Waals surface area contributed by atoms with Gasteiger partial charge in [-0.25, -0.2) is 0 Å². The Morgan fingerprint density at radius 1 is 0.967 bits per heavy atom. The standard InChI is InChI=1S/C25H30N2O3/c1-19-7-2-3-8-21(19)17-24(28)27-16-6-9-22(27)18-30-23-12-10-20(11-13-23)25(29)26-14-4-5-15-26/h2-3,7-8,10-13,22H,4-6,9,14-18H2,1H3. The first-order chi connectivity index (χ1) is 14.6. The molecule has 2 saturated heterocycles. The third-order valence-corrected chi connectivity index (χ3v) is 6.24. The smallest absolute Gasteiger partial charge is 0.253 e. The second-order valence-corrected chi connectivity index (χ2v) is 8.32. The van der Waals surface area contributed by atoms with E-state index in [2.05, 4.69) is 0 Å². The number of carbonyl (C=O) groups excluding carboxylic acids is 2. The number of carbonyl (C=O) groups is 2. The first kappa shape index (κ1) is 20.5. The van der Waals surface area contributed by atoms with Crippen LogP contribution in [0, 0.1) is 6.92 Å². The lowest BCUT2D eigenvalue weighted by molar-refractivity contribution is -0.131. The number of likely N-dealkylation sites (tertiary alicyclic amines) is 2. The summed E-state index contributed by atoms with van der Waals surface area (Å²) in [6, 6.07) is 15.6. The largest absolute Gasteiger partial charge is 0.491 e. The number of rotatable bonds is 6.